The normalized spacial score (nSPS) is 15.0. The van der Waals surface area contributed by atoms with Gasteiger partial charge in [-0.1, -0.05) is 6.92 Å². The van der Waals surface area contributed by atoms with Crippen molar-refractivity contribution in [3.63, 3.8) is 0 Å². The summed E-state index contributed by atoms with van der Waals surface area (Å²) in [6, 6.07) is 2.02. The van der Waals surface area contributed by atoms with Crippen LogP contribution in [0.4, 0.5) is 0 Å². The van der Waals surface area contributed by atoms with Gasteiger partial charge in [-0.25, -0.2) is 0 Å². The second-order valence-electron chi connectivity index (χ2n) is 6.05. The fraction of sp³-hybridized carbons (Fsp3) is 0.667. The maximum absolute atomic E-state index is 12.4. The third-order valence-corrected chi connectivity index (χ3v) is 5.16. The lowest BCUT2D eigenvalue weighted by Crippen LogP contribution is -2.41. The van der Waals surface area contributed by atoms with Gasteiger partial charge in [0.15, 0.2) is 0 Å². The molecule has 0 spiro atoms. The monoisotopic (exact) mass is 297 g/mol. The lowest BCUT2D eigenvalue weighted by molar-refractivity contribution is 0.0368. The Morgan fingerprint density at radius 1 is 1.35 bits per heavy atom. The smallest absolute Gasteiger partial charge is 0.263 e. The number of carbonyl (C=O) groups is 1. The van der Waals surface area contributed by atoms with Crippen molar-refractivity contribution in [3.05, 3.63) is 21.4 Å². The van der Waals surface area contributed by atoms with Crippen LogP contribution in [0.15, 0.2) is 6.07 Å². The molecule has 2 rings (SSSR count). The first-order valence-corrected chi connectivity index (χ1v) is 7.89. The summed E-state index contributed by atoms with van der Waals surface area (Å²) >= 11 is 1.60. The van der Waals surface area contributed by atoms with Gasteiger partial charge in [0.1, 0.15) is 0 Å². The van der Waals surface area contributed by atoms with Crippen molar-refractivity contribution in [1.29, 1.82) is 0 Å². The van der Waals surface area contributed by atoms with E-state index in [-0.39, 0.29) is 19.1 Å². The number of fused-ring (bicyclic) bond motifs is 1. The van der Waals surface area contributed by atoms with Crippen molar-refractivity contribution in [2.75, 3.05) is 26.8 Å². The number of rotatable bonds is 5. The lowest BCUT2D eigenvalue weighted by Gasteiger charge is -2.30. The van der Waals surface area contributed by atoms with Crippen LogP contribution in [0, 0.1) is 5.41 Å². The molecule has 0 unspecified atom stereocenters. The molecule has 1 heterocycles. The SMILES string of the molecule is CN(CC(C)(CO)CO)C(=O)c1cc2c(s1)CCCC2. The number of aryl methyl sites for hydroxylation is 2. The van der Waals surface area contributed by atoms with Crippen molar-refractivity contribution in [2.24, 2.45) is 5.41 Å². The summed E-state index contributed by atoms with van der Waals surface area (Å²) in [5.41, 5.74) is 0.673. The van der Waals surface area contributed by atoms with E-state index >= 15 is 0 Å². The third-order valence-electron chi connectivity index (χ3n) is 3.94. The highest BCUT2D eigenvalue weighted by Crippen LogP contribution is 2.30. The van der Waals surface area contributed by atoms with Gasteiger partial charge in [0.25, 0.3) is 5.91 Å². The Kier molecular flexibility index (Phi) is 4.83. The summed E-state index contributed by atoms with van der Waals surface area (Å²) in [7, 11) is 1.73. The Morgan fingerprint density at radius 3 is 2.60 bits per heavy atom. The van der Waals surface area contributed by atoms with Crippen molar-refractivity contribution in [2.45, 2.75) is 32.6 Å². The highest BCUT2D eigenvalue weighted by molar-refractivity contribution is 7.14. The lowest BCUT2D eigenvalue weighted by atomic mass is 9.92. The van der Waals surface area contributed by atoms with E-state index in [0.29, 0.717) is 6.54 Å². The van der Waals surface area contributed by atoms with E-state index in [2.05, 4.69) is 0 Å². The number of nitrogens with zero attached hydrogens (tertiary/aromatic N) is 1. The molecule has 0 bridgehead atoms. The Morgan fingerprint density at radius 2 is 2.00 bits per heavy atom. The molecular weight excluding hydrogens is 274 g/mol. The van der Waals surface area contributed by atoms with E-state index in [1.807, 2.05) is 6.07 Å². The van der Waals surface area contributed by atoms with E-state index in [4.69, 9.17) is 0 Å². The minimum Gasteiger partial charge on any atom is -0.396 e. The molecule has 0 radical (unpaired) electrons. The summed E-state index contributed by atoms with van der Waals surface area (Å²) < 4.78 is 0. The van der Waals surface area contributed by atoms with Gasteiger partial charge >= 0.3 is 0 Å². The van der Waals surface area contributed by atoms with Gasteiger partial charge in [-0.05, 0) is 37.3 Å². The van der Waals surface area contributed by atoms with Crippen LogP contribution < -0.4 is 0 Å². The first kappa shape index (κ1) is 15.5. The molecule has 1 aliphatic carbocycles. The molecule has 0 aromatic carbocycles. The summed E-state index contributed by atoms with van der Waals surface area (Å²) in [4.78, 5) is 16.2. The molecule has 1 aromatic rings. The fourth-order valence-corrected chi connectivity index (χ4v) is 3.83. The molecule has 5 heteroatoms. The molecule has 112 valence electrons. The second kappa shape index (κ2) is 6.24. The predicted octanol–water partition coefficient (Wildman–Crippen LogP) is 1.69. The first-order valence-electron chi connectivity index (χ1n) is 7.08. The summed E-state index contributed by atoms with van der Waals surface area (Å²) in [6.45, 7) is 1.85. The number of aliphatic hydroxyl groups excluding tert-OH is 2. The maximum atomic E-state index is 12.4. The van der Waals surface area contributed by atoms with Crippen molar-refractivity contribution < 1.29 is 15.0 Å². The van der Waals surface area contributed by atoms with E-state index in [9.17, 15) is 15.0 Å². The molecular formula is C15H23NO3S. The van der Waals surface area contributed by atoms with Gasteiger partial charge in [-0.2, -0.15) is 0 Å². The van der Waals surface area contributed by atoms with Crippen LogP contribution in [-0.2, 0) is 12.8 Å². The van der Waals surface area contributed by atoms with Crippen LogP contribution in [0.5, 0.6) is 0 Å². The Bertz CT molecular complexity index is 456. The van der Waals surface area contributed by atoms with Crippen LogP contribution in [0.2, 0.25) is 0 Å². The molecule has 2 N–H and O–H groups in total. The average Bonchev–Trinajstić information content (AvgIpc) is 2.90. The van der Waals surface area contributed by atoms with Crippen LogP contribution in [0.1, 0.15) is 39.9 Å². The number of hydrogen-bond acceptors (Lipinski definition) is 4. The summed E-state index contributed by atoms with van der Waals surface area (Å²) in [6.07, 6.45) is 4.58. The van der Waals surface area contributed by atoms with Crippen LogP contribution in [-0.4, -0.2) is 47.8 Å². The zero-order chi connectivity index (χ0) is 14.8. The zero-order valence-corrected chi connectivity index (χ0v) is 13.0. The number of aliphatic hydroxyl groups is 2. The van der Waals surface area contributed by atoms with Gasteiger partial charge < -0.3 is 15.1 Å². The standard InChI is InChI=1S/C15H23NO3S/c1-15(9-17,10-18)8-16(2)14(19)13-7-11-5-3-4-6-12(11)20-13/h7,17-18H,3-6,8-10H2,1-2H3. The molecule has 20 heavy (non-hydrogen) atoms. The number of thiophene rings is 1. The Hall–Kier alpha value is -0.910. The van der Waals surface area contributed by atoms with E-state index < -0.39 is 5.41 Å². The quantitative estimate of drug-likeness (QED) is 0.869. The molecule has 1 aliphatic rings. The minimum absolute atomic E-state index is 0.0162. The van der Waals surface area contributed by atoms with Gasteiger partial charge in [0.2, 0.25) is 0 Å². The van der Waals surface area contributed by atoms with Crippen LogP contribution in [0.25, 0.3) is 0 Å². The molecule has 1 amide bonds. The Labute approximate surface area is 124 Å². The summed E-state index contributed by atoms with van der Waals surface area (Å²) in [5, 5.41) is 18.6. The van der Waals surface area contributed by atoms with Crippen molar-refractivity contribution >= 4 is 17.2 Å². The van der Waals surface area contributed by atoms with Gasteiger partial charge in [-0.15, -0.1) is 11.3 Å². The van der Waals surface area contributed by atoms with Gasteiger partial charge in [0, 0.05) is 23.9 Å². The second-order valence-corrected chi connectivity index (χ2v) is 7.19. The highest BCUT2D eigenvalue weighted by Gasteiger charge is 2.28. The van der Waals surface area contributed by atoms with Crippen molar-refractivity contribution in [1.82, 2.24) is 4.90 Å². The van der Waals surface area contributed by atoms with Crippen molar-refractivity contribution in [3.8, 4) is 0 Å². The van der Waals surface area contributed by atoms with Crippen LogP contribution in [0.3, 0.4) is 0 Å². The van der Waals surface area contributed by atoms with E-state index in [0.717, 1.165) is 17.7 Å². The minimum atomic E-state index is -0.652. The molecule has 0 saturated heterocycles. The summed E-state index contributed by atoms with van der Waals surface area (Å²) in [5.74, 6) is -0.0162. The zero-order valence-electron chi connectivity index (χ0n) is 12.2. The molecule has 1 aromatic heterocycles. The average molecular weight is 297 g/mol. The van der Waals surface area contributed by atoms with Gasteiger partial charge in [0.05, 0.1) is 18.1 Å². The first-order chi connectivity index (χ1) is 9.49. The molecule has 0 saturated carbocycles. The number of amides is 1. The van der Waals surface area contributed by atoms with Gasteiger partial charge in [-0.3, -0.25) is 4.79 Å². The van der Waals surface area contributed by atoms with Crippen LogP contribution >= 0.6 is 11.3 Å². The maximum Gasteiger partial charge on any atom is 0.263 e. The fourth-order valence-electron chi connectivity index (χ4n) is 2.58. The topological polar surface area (TPSA) is 60.8 Å². The van der Waals surface area contributed by atoms with E-state index in [1.165, 1.54) is 23.3 Å². The molecule has 0 aliphatic heterocycles. The molecule has 0 atom stereocenters. The number of hydrogen-bond donors (Lipinski definition) is 2. The largest absolute Gasteiger partial charge is 0.396 e. The van der Waals surface area contributed by atoms with E-state index in [1.54, 1.807) is 30.2 Å². The number of carbonyl (C=O) groups excluding carboxylic acids is 1. The third kappa shape index (κ3) is 3.22. The molecule has 0 fully saturated rings. The molecule has 4 nitrogen and oxygen atoms in total. The highest BCUT2D eigenvalue weighted by atomic mass is 32.1. The predicted molar refractivity (Wildman–Crippen MR) is 80.2 cm³/mol. The Balaban J connectivity index is 2.08.